The average molecular weight is 480 g/mol. The van der Waals surface area contributed by atoms with E-state index >= 15 is 0 Å². The van der Waals surface area contributed by atoms with Gasteiger partial charge in [0.25, 0.3) is 5.91 Å². The monoisotopic (exact) mass is 479 g/mol. The molecule has 3 aromatic carbocycles. The van der Waals surface area contributed by atoms with Crippen LogP contribution in [0.25, 0.3) is 0 Å². The molecule has 3 aromatic rings. The maximum absolute atomic E-state index is 13.7. The summed E-state index contributed by atoms with van der Waals surface area (Å²) in [5.74, 6) is -1.50. The zero-order valence-corrected chi connectivity index (χ0v) is 19.0. The number of ether oxygens (including phenoxy) is 2. The van der Waals surface area contributed by atoms with E-state index in [2.05, 4.69) is 0 Å². The molecule has 8 nitrogen and oxygen atoms in total. The van der Waals surface area contributed by atoms with Gasteiger partial charge in [-0.2, -0.15) is 0 Å². The number of sulfone groups is 1. The molecule has 0 aromatic heterocycles. The lowest BCUT2D eigenvalue weighted by molar-refractivity contribution is -0.139. The molecule has 1 N–H and O–H groups in total. The summed E-state index contributed by atoms with van der Waals surface area (Å²) >= 11 is 0. The fourth-order valence-electron chi connectivity index (χ4n) is 4.52. The molecular formula is C25H21NO7S. The number of benzene rings is 3. The molecule has 2 aliphatic rings. The molecule has 0 saturated carbocycles. The summed E-state index contributed by atoms with van der Waals surface area (Å²) in [6.07, 6.45) is 1.10. The number of carboxylic acids is 1. The number of hydrogen-bond donors (Lipinski definition) is 1. The van der Waals surface area contributed by atoms with Crippen molar-refractivity contribution >= 4 is 27.4 Å². The normalized spacial score (nSPS) is 19.4. The third-order valence-electron chi connectivity index (χ3n) is 6.06. The van der Waals surface area contributed by atoms with Gasteiger partial charge in [0.1, 0.15) is 19.1 Å². The van der Waals surface area contributed by atoms with Gasteiger partial charge in [-0.15, -0.1) is 0 Å². The van der Waals surface area contributed by atoms with Crippen molar-refractivity contribution in [1.82, 2.24) is 0 Å². The molecule has 2 aliphatic heterocycles. The van der Waals surface area contributed by atoms with Gasteiger partial charge in [-0.1, -0.05) is 24.3 Å². The molecule has 174 valence electrons. The lowest BCUT2D eigenvalue weighted by atomic mass is 9.79. The van der Waals surface area contributed by atoms with Crippen molar-refractivity contribution in [2.24, 2.45) is 0 Å². The Labute approximate surface area is 196 Å². The third-order valence-corrected chi connectivity index (χ3v) is 7.18. The molecule has 34 heavy (non-hydrogen) atoms. The topological polar surface area (TPSA) is 110 Å². The number of carbonyl (C=O) groups is 2. The largest absolute Gasteiger partial charge is 0.486 e. The number of aliphatic carboxylic acids is 1. The van der Waals surface area contributed by atoms with Crippen molar-refractivity contribution in [3.8, 4) is 11.5 Å². The first kappa shape index (κ1) is 22.0. The lowest BCUT2D eigenvalue weighted by Crippen LogP contribution is -2.45. The van der Waals surface area contributed by atoms with Crippen LogP contribution >= 0.6 is 0 Å². The lowest BCUT2D eigenvalue weighted by Gasteiger charge is -2.41. The van der Waals surface area contributed by atoms with Crippen LogP contribution in [0.2, 0.25) is 0 Å². The van der Waals surface area contributed by atoms with Gasteiger partial charge >= 0.3 is 5.97 Å². The highest BCUT2D eigenvalue weighted by Gasteiger charge is 2.45. The van der Waals surface area contributed by atoms with E-state index in [1.807, 2.05) is 0 Å². The van der Waals surface area contributed by atoms with E-state index < -0.39 is 27.8 Å². The Balaban J connectivity index is 1.71. The van der Waals surface area contributed by atoms with Gasteiger partial charge in [0.15, 0.2) is 21.3 Å². The van der Waals surface area contributed by atoms with Crippen molar-refractivity contribution in [3.63, 3.8) is 0 Å². The van der Waals surface area contributed by atoms with Crippen LogP contribution < -0.4 is 14.4 Å². The minimum absolute atomic E-state index is 0.103. The minimum Gasteiger partial charge on any atom is -0.486 e. The van der Waals surface area contributed by atoms with Gasteiger partial charge < -0.3 is 14.6 Å². The first-order chi connectivity index (χ1) is 16.3. The van der Waals surface area contributed by atoms with Crippen LogP contribution in [0.15, 0.2) is 71.6 Å². The van der Waals surface area contributed by atoms with Crippen LogP contribution in [0, 0.1) is 0 Å². The molecule has 0 spiro atoms. The number of carbonyl (C=O) groups excluding carboxylic acids is 1. The molecular weight excluding hydrogens is 458 g/mol. The Kier molecular flexibility index (Phi) is 5.28. The smallest absolute Gasteiger partial charge is 0.313 e. The summed E-state index contributed by atoms with van der Waals surface area (Å²) in [6, 6.07) is 16.7. The maximum Gasteiger partial charge on any atom is 0.313 e. The SMILES string of the molecule is CS(=O)(=O)c1ccc(N2C(=O)c3ccccc3[C@@H](C(=O)O)[C@@H]2c2ccc3c(c2)OCCO3)cc1. The summed E-state index contributed by atoms with van der Waals surface area (Å²) in [4.78, 5) is 27.8. The zero-order chi connectivity index (χ0) is 24.0. The highest BCUT2D eigenvalue weighted by Crippen LogP contribution is 2.46. The number of amides is 1. The van der Waals surface area contributed by atoms with Gasteiger partial charge in [0.05, 0.1) is 10.9 Å². The van der Waals surface area contributed by atoms with Gasteiger partial charge in [0, 0.05) is 17.5 Å². The van der Waals surface area contributed by atoms with Gasteiger partial charge in [-0.05, 0) is 53.6 Å². The van der Waals surface area contributed by atoms with Gasteiger partial charge in [0.2, 0.25) is 0 Å². The Bertz CT molecular complexity index is 1400. The maximum atomic E-state index is 13.7. The first-order valence-electron chi connectivity index (χ1n) is 10.6. The van der Waals surface area contributed by atoms with Crippen LogP contribution in [0.5, 0.6) is 11.5 Å². The van der Waals surface area contributed by atoms with Crippen molar-refractivity contribution < 1.29 is 32.6 Å². The van der Waals surface area contributed by atoms with E-state index in [1.54, 1.807) is 42.5 Å². The molecule has 0 radical (unpaired) electrons. The van der Waals surface area contributed by atoms with Crippen LogP contribution in [-0.2, 0) is 14.6 Å². The second kappa shape index (κ2) is 8.18. The van der Waals surface area contributed by atoms with E-state index in [1.165, 1.54) is 29.2 Å². The van der Waals surface area contributed by atoms with Gasteiger partial charge in [-0.25, -0.2) is 8.42 Å². The standard InChI is InChI=1S/C25H21NO7S/c1-34(30,31)17-9-7-16(8-10-17)26-23(15-6-11-20-21(14-15)33-13-12-32-20)22(25(28)29)18-4-2-3-5-19(18)24(26)27/h2-11,14,22-23H,12-13H2,1H3,(H,28,29)/t22-,23+/m1/s1. The number of hydrogen-bond acceptors (Lipinski definition) is 6. The van der Waals surface area contributed by atoms with Crippen LogP contribution in [0.4, 0.5) is 5.69 Å². The summed E-state index contributed by atoms with van der Waals surface area (Å²) in [5, 5.41) is 10.3. The molecule has 2 heterocycles. The van der Waals surface area contributed by atoms with E-state index in [0.29, 0.717) is 41.5 Å². The number of anilines is 1. The number of carboxylic acid groups (broad SMARTS) is 1. The molecule has 9 heteroatoms. The first-order valence-corrected chi connectivity index (χ1v) is 12.5. The quantitative estimate of drug-likeness (QED) is 0.610. The van der Waals surface area contributed by atoms with E-state index in [0.717, 1.165) is 6.26 Å². The van der Waals surface area contributed by atoms with Crippen LogP contribution in [0.3, 0.4) is 0 Å². The predicted molar refractivity (Wildman–Crippen MR) is 123 cm³/mol. The van der Waals surface area contributed by atoms with E-state index in [4.69, 9.17) is 9.47 Å². The van der Waals surface area contributed by atoms with Crippen molar-refractivity contribution in [3.05, 3.63) is 83.4 Å². The Morgan fingerprint density at radius 1 is 0.971 bits per heavy atom. The molecule has 0 aliphatic carbocycles. The molecule has 0 unspecified atom stereocenters. The number of nitrogens with zero attached hydrogens (tertiary/aromatic N) is 1. The van der Waals surface area contributed by atoms with Crippen LogP contribution in [0.1, 0.15) is 33.4 Å². The third kappa shape index (κ3) is 3.67. The molecule has 0 bridgehead atoms. The Morgan fingerprint density at radius 3 is 2.32 bits per heavy atom. The molecule has 5 rings (SSSR count). The average Bonchev–Trinajstić information content (AvgIpc) is 2.83. The molecule has 0 fully saturated rings. The highest BCUT2D eigenvalue weighted by molar-refractivity contribution is 7.90. The van der Waals surface area contributed by atoms with Gasteiger partial charge in [-0.3, -0.25) is 14.5 Å². The number of fused-ring (bicyclic) bond motifs is 2. The zero-order valence-electron chi connectivity index (χ0n) is 18.2. The predicted octanol–water partition coefficient (Wildman–Crippen LogP) is 3.43. The van der Waals surface area contributed by atoms with Crippen molar-refractivity contribution in [2.45, 2.75) is 16.9 Å². The summed E-state index contributed by atoms with van der Waals surface area (Å²) in [7, 11) is -3.44. The Hall–Kier alpha value is -3.85. The minimum atomic E-state index is -3.44. The molecule has 2 atom stereocenters. The summed E-state index contributed by atoms with van der Waals surface area (Å²) < 4.78 is 35.1. The van der Waals surface area contributed by atoms with E-state index in [9.17, 15) is 23.1 Å². The Morgan fingerprint density at radius 2 is 1.65 bits per heavy atom. The molecule has 0 saturated heterocycles. The second-order valence-corrected chi connectivity index (χ2v) is 10.2. The van der Waals surface area contributed by atoms with E-state index in [-0.39, 0.29) is 16.4 Å². The second-order valence-electron chi connectivity index (χ2n) is 8.19. The van der Waals surface area contributed by atoms with Crippen molar-refractivity contribution in [1.29, 1.82) is 0 Å². The molecule has 1 amide bonds. The van der Waals surface area contributed by atoms with Crippen molar-refractivity contribution in [2.75, 3.05) is 24.4 Å². The fraction of sp³-hybridized carbons (Fsp3) is 0.200. The van der Waals surface area contributed by atoms with Crippen LogP contribution in [-0.4, -0.2) is 44.9 Å². The highest BCUT2D eigenvalue weighted by atomic mass is 32.2. The summed E-state index contributed by atoms with van der Waals surface area (Å²) in [6.45, 7) is 0.778. The fourth-order valence-corrected chi connectivity index (χ4v) is 5.15. The summed E-state index contributed by atoms with van der Waals surface area (Å²) in [5.41, 5.74) is 1.66. The number of rotatable bonds is 4.